The summed E-state index contributed by atoms with van der Waals surface area (Å²) in [6.45, 7) is 7.80. The number of halogens is 4. The Hall–Kier alpha value is -2.97. The molecule has 2 aromatic rings. The van der Waals surface area contributed by atoms with Crippen LogP contribution < -0.4 is 4.72 Å². The molecule has 5 rings (SSSR count). The molecule has 2 aliphatic carbocycles. The fourth-order valence-corrected chi connectivity index (χ4v) is 6.56. The first-order valence-electron chi connectivity index (χ1n) is 12.0. The van der Waals surface area contributed by atoms with Gasteiger partial charge in [0.05, 0.1) is 6.04 Å². The fraction of sp³-hybridized carbons (Fsp3) is 0.462. The second-order valence-electron chi connectivity index (χ2n) is 10.3. The number of alkyl halides is 1. The molecule has 37 heavy (non-hydrogen) atoms. The lowest BCUT2D eigenvalue weighted by molar-refractivity contribution is -0.139. The first kappa shape index (κ1) is 25.7. The maximum Gasteiger partial charge on any atom is 0.309 e. The van der Waals surface area contributed by atoms with Crippen LogP contribution in [0.4, 0.5) is 17.6 Å². The number of carbonyl (C=O) groups excluding carboxylic acids is 1. The lowest BCUT2D eigenvalue weighted by atomic mass is 9.76. The van der Waals surface area contributed by atoms with Crippen LogP contribution in [0, 0.1) is 29.4 Å². The van der Waals surface area contributed by atoms with Crippen LogP contribution in [0.3, 0.4) is 0 Å². The summed E-state index contributed by atoms with van der Waals surface area (Å²) >= 11 is 0. The molecule has 3 fully saturated rings. The predicted octanol–water partition coefficient (Wildman–Crippen LogP) is 4.36. The average Bonchev–Trinajstić information content (AvgIpc) is 3.54. The molecule has 6 nitrogen and oxygen atoms in total. The van der Waals surface area contributed by atoms with Gasteiger partial charge in [-0.3, -0.25) is 9.64 Å². The minimum absolute atomic E-state index is 0.00835. The molecule has 196 valence electrons. The van der Waals surface area contributed by atoms with Crippen LogP contribution in [0.5, 0.6) is 0 Å². The average molecular weight is 536 g/mol. The third kappa shape index (κ3) is 4.50. The number of hydrogen-bond donors (Lipinski definition) is 1. The minimum Gasteiger partial charge on any atom is -0.330 e. The summed E-state index contributed by atoms with van der Waals surface area (Å²) in [6.07, 6.45) is 2.57. The van der Waals surface area contributed by atoms with E-state index in [0.29, 0.717) is 31.7 Å². The van der Waals surface area contributed by atoms with Gasteiger partial charge >= 0.3 is 11.4 Å². The lowest BCUT2D eigenvalue weighted by Gasteiger charge is -2.36. The van der Waals surface area contributed by atoms with Gasteiger partial charge in [0.25, 0.3) is 0 Å². The third-order valence-corrected chi connectivity index (χ3v) is 8.91. The van der Waals surface area contributed by atoms with Gasteiger partial charge in [-0.15, -0.1) is 0 Å². The van der Waals surface area contributed by atoms with E-state index in [1.807, 2.05) is 0 Å². The maximum absolute atomic E-state index is 15.7. The molecule has 1 amide bonds. The molecule has 11 heteroatoms. The highest BCUT2D eigenvalue weighted by Crippen LogP contribution is 2.56. The van der Waals surface area contributed by atoms with Crippen molar-refractivity contribution in [2.45, 2.75) is 56.1 Å². The van der Waals surface area contributed by atoms with Gasteiger partial charge in [0.2, 0.25) is 16.0 Å². The summed E-state index contributed by atoms with van der Waals surface area (Å²) in [6, 6.07) is 3.66. The van der Waals surface area contributed by atoms with Crippen LogP contribution in [0.15, 0.2) is 36.4 Å². The van der Waals surface area contributed by atoms with E-state index in [0.717, 1.165) is 18.6 Å². The van der Waals surface area contributed by atoms with Crippen molar-refractivity contribution in [2.24, 2.45) is 5.41 Å². The van der Waals surface area contributed by atoms with Crippen LogP contribution in [-0.2, 0) is 21.2 Å². The summed E-state index contributed by atoms with van der Waals surface area (Å²) in [5, 5.41) is 0. The number of nitrogens with one attached hydrogen (secondary N) is 1. The van der Waals surface area contributed by atoms with E-state index in [9.17, 15) is 26.4 Å². The van der Waals surface area contributed by atoms with Crippen LogP contribution in [0.25, 0.3) is 16.0 Å². The molecule has 1 aliphatic heterocycles. The number of hydrogen-bond acceptors (Lipinski definition) is 3. The molecule has 0 aromatic heterocycles. The highest BCUT2D eigenvalue weighted by molar-refractivity contribution is 7.89. The Bertz CT molecular complexity index is 1380. The van der Waals surface area contributed by atoms with Crippen molar-refractivity contribution in [2.75, 3.05) is 12.6 Å². The molecule has 0 unspecified atom stereocenters. The maximum atomic E-state index is 15.7. The van der Waals surface area contributed by atoms with Gasteiger partial charge in [0.15, 0.2) is 0 Å². The van der Waals surface area contributed by atoms with E-state index in [2.05, 4.69) is 9.57 Å². The third-order valence-electron chi connectivity index (χ3n) is 8.01. The van der Waals surface area contributed by atoms with Gasteiger partial charge in [-0.1, -0.05) is 18.2 Å². The summed E-state index contributed by atoms with van der Waals surface area (Å²) in [4.78, 5) is 18.7. The molecule has 2 saturated carbocycles. The van der Waals surface area contributed by atoms with Crippen LogP contribution in [0.1, 0.15) is 37.7 Å². The Labute approximate surface area is 212 Å². The van der Waals surface area contributed by atoms with E-state index in [-0.39, 0.29) is 29.7 Å². The molecule has 0 radical (unpaired) electrons. The van der Waals surface area contributed by atoms with Crippen molar-refractivity contribution in [3.63, 3.8) is 0 Å². The van der Waals surface area contributed by atoms with Crippen LogP contribution >= 0.6 is 0 Å². The lowest BCUT2D eigenvalue weighted by Crippen LogP contribution is -2.56. The smallest absolute Gasteiger partial charge is 0.309 e. The standard InChI is InChI=1S/C26H25F4N3O3S/c1-31-26(6-3-7-26)24(34)33-14-25(8-9-25)23(32-37(35,36)15-27)21(33)12-16-4-2-5-20(22(16)30)17-10-18(28)13-19(29)11-17/h2,4-5,10-11,13,21,23,32H,3,6-9,12,14-15H2/t21-,23+/m0/s1. The number of likely N-dealkylation sites (tertiary alicyclic amines) is 1. The molecule has 3 aliphatic rings. The van der Waals surface area contributed by atoms with E-state index in [4.69, 9.17) is 6.57 Å². The van der Waals surface area contributed by atoms with E-state index >= 15 is 4.39 Å². The number of amides is 1. The SMILES string of the molecule is [C-]#[N+]C1(C(=O)N2CC3(CC3)[C@H](NS(=O)(=O)CF)[C@@H]2Cc2cccc(-c3cc(F)cc(F)c3)c2F)CCC1. The van der Waals surface area contributed by atoms with Crippen molar-refractivity contribution in [3.05, 3.63) is 70.8 Å². The summed E-state index contributed by atoms with van der Waals surface area (Å²) in [7, 11) is -4.30. The molecular weight excluding hydrogens is 510 g/mol. The fourth-order valence-electron chi connectivity index (χ4n) is 5.70. The first-order valence-corrected chi connectivity index (χ1v) is 13.7. The minimum atomic E-state index is -4.30. The second-order valence-corrected chi connectivity index (χ2v) is 12.0. The van der Waals surface area contributed by atoms with Crippen molar-refractivity contribution < 1.29 is 30.8 Å². The Morgan fingerprint density at radius 1 is 1.11 bits per heavy atom. The van der Waals surface area contributed by atoms with Crippen LogP contribution in [-0.4, -0.2) is 49.4 Å². The Morgan fingerprint density at radius 2 is 1.78 bits per heavy atom. The normalized spacial score (nSPS) is 23.5. The zero-order valence-corrected chi connectivity index (χ0v) is 20.6. The number of sulfonamides is 1. The Balaban J connectivity index is 1.55. The Morgan fingerprint density at radius 3 is 2.32 bits per heavy atom. The second kappa shape index (κ2) is 9.10. The monoisotopic (exact) mass is 535 g/mol. The summed E-state index contributed by atoms with van der Waals surface area (Å²) < 4.78 is 83.5. The van der Waals surface area contributed by atoms with Crippen molar-refractivity contribution in [1.82, 2.24) is 9.62 Å². The molecule has 2 atom stereocenters. The van der Waals surface area contributed by atoms with Crippen LogP contribution in [0.2, 0.25) is 0 Å². The van der Waals surface area contributed by atoms with Crippen molar-refractivity contribution in [3.8, 4) is 11.1 Å². The predicted molar refractivity (Wildman–Crippen MR) is 128 cm³/mol. The Kier molecular flexibility index (Phi) is 6.31. The zero-order valence-electron chi connectivity index (χ0n) is 19.8. The highest BCUT2D eigenvalue weighted by atomic mass is 32.2. The quantitative estimate of drug-likeness (QED) is 0.423. The van der Waals surface area contributed by atoms with Gasteiger partial charge in [0, 0.05) is 42.5 Å². The van der Waals surface area contributed by atoms with E-state index < -0.39 is 62.4 Å². The first-order chi connectivity index (χ1) is 17.5. The zero-order chi connectivity index (χ0) is 26.6. The molecule has 1 heterocycles. The summed E-state index contributed by atoms with van der Waals surface area (Å²) in [5.74, 6) is -2.91. The molecular formula is C26H25F4N3O3S. The van der Waals surface area contributed by atoms with E-state index in [1.54, 1.807) is 0 Å². The van der Waals surface area contributed by atoms with Crippen molar-refractivity contribution >= 4 is 15.9 Å². The van der Waals surface area contributed by atoms with Gasteiger partial charge < -0.3 is 4.90 Å². The molecule has 1 N–H and O–H groups in total. The van der Waals surface area contributed by atoms with Gasteiger partial charge in [-0.25, -0.2) is 37.3 Å². The number of benzene rings is 2. The molecule has 1 saturated heterocycles. The van der Waals surface area contributed by atoms with Gasteiger partial charge in [-0.2, -0.15) is 0 Å². The van der Waals surface area contributed by atoms with Crippen molar-refractivity contribution in [1.29, 1.82) is 0 Å². The van der Waals surface area contributed by atoms with E-state index in [1.165, 1.54) is 23.1 Å². The number of rotatable bonds is 7. The van der Waals surface area contributed by atoms with Gasteiger partial charge in [-0.05, 0) is 48.9 Å². The highest BCUT2D eigenvalue weighted by Gasteiger charge is 2.65. The topological polar surface area (TPSA) is 70.8 Å². The molecule has 1 spiro atoms. The largest absolute Gasteiger partial charge is 0.330 e. The molecule has 0 bridgehead atoms. The molecule has 2 aromatic carbocycles. The number of carbonyl (C=O) groups is 1. The number of nitrogens with zero attached hydrogens (tertiary/aromatic N) is 2. The van der Waals surface area contributed by atoms with Gasteiger partial charge in [0.1, 0.15) is 17.5 Å². The summed E-state index contributed by atoms with van der Waals surface area (Å²) in [5.41, 5.74) is -1.79.